The number of carbonyl (C=O) groups is 1. The predicted octanol–water partition coefficient (Wildman–Crippen LogP) is 8.97. The molecule has 2 aromatic rings. The normalized spacial score (nSPS) is 17.6. The standard InChI is InChI=1S/C34H46FNO4/c1-3-5-7-8-9-10-22-38-33-21-16-28(23-29(33)24-36)27-14-19-30(20-15-27)39-25-26-12-17-31(18-13-26)40-34(37)32(35)11-6-4-2/h14-16,19-21,23,26,31-32H,3-13,17-18,22,25H2,1-2H3/t26?,31?,32-/m1/s1. The van der Waals surface area contributed by atoms with Crippen molar-refractivity contribution in [2.45, 2.75) is 110 Å². The zero-order valence-electron chi connectivity index (χ0n) is 24.3. The van der Waals surface area contributed by atoms with Gasteiger partial charge in [-0.2, -0.15) is 5.26 Å². The molecule has 0 aliphatic heterocycles. The van der Waals surface area contributed by atoms with Crippen molar-refractivity contribution < 1.29 is 23.4 Å². The summed E-state index contributed by atoms with van der Waals surface area (Å²) < 4.78 is 31.2. The van der Waals surface area contributed by atoms with Gasteiger partial charge in [-0.15, -0.1) is 0 Å². The zero-order chi connectivity index (χ0) is 28.6. The lowest BCUT2D eigenvalue weighted by Gasteiger charge is -2.28. The van der Waals surface area contributed by atoms with Crippen molar-refractivity contribution in [3.05, 3.63) is 48.0 Å². The Labute approximate surface area is 240 Å². The number of esters is 1. The fourth-order valence-corrected chi connectivity index (χ4v) is 5.10. The highest BCUT2D eigenvalue weighted by Crippen LogP contribution is 2.30. The Bertz CT molecular complexity index is 1060. The first-order valence-corrected chi connectivity index (χ1v) is 15.3. The van der Waals surface area contributed by atoms with Gasteiger partial charge in [-0.1, -0.05) is 77.0 Å². The van der Waals surface area contributed by atoms with E-state index in [9.17, 15) is 14.4 Å². The van der Waals surface area contributed by atoms with Crippen molar-refractivity contribution in [1.29, 1.82) is 5.26 Å². The van der Waals surface area contributed by atoms with Crippen molar-refractivity contribution in [2.24, 2.45) is 5.92 Å². The summed E-state index contributed by atoms with van der Waals surface area (Å²) in [5.74, 6) is 1.13. The Morgan fingerprint density at radius 3 is 2.27 bits per heavy atom. The molecule has 218 valence electrons. The molecule has 3 rings (SSSR count). The van der Waals surface area contributed by atoms with Crippen molar-refractivity contribution in [3.63, 3.8) is 0 Å². The van der Waals surface area contributed by atoms with Crippen LogP contribution in [0.25, 0.3) is 11.1 Å². The number of nitriles is 1. The summed E-state index contributed by atoms with van der Waals surface area (Å²) >= 11 is 0. The largest absolute Gasteiger partial charge is 0.493 e. The molecule has 0 amide bonds. The van der Waals surface area contributed by atoms with Crippen molar-refractivity contribution >= 4 is 5.97 Å². The summed E-state index contributed by atoms with van der Waals surface area (Å²) in [5, 5.41) is 9.65. The monoisotopic (exact) mass is 551 g/mol. The maximum absolute atomic E-state index is 13.9. The fraction of sp³-hybridized carbons (Fsp3) is 0.588. The van der Waals surface area contributed by atoms with Crippen molar-refractivity contribution in [3.8, 4) is 28.7 Å². The molecular weight excluding hydrogens is 505 g/mol. The molecule has 0 spiro atoms. The Morgan fingerprint density at radius 1 is 0.900 bits per heavy atom. The van der Waals surface area contributed by atoms with Gasteiger partial charge in [0.15, 0.2) is 6.17 Å². The van der Waals surface area contributed by atoms with E-state index in [1.165, 1.54) is 25.7 Å². The average Bonchev–Trinajstić information content (AvgIpc) is 2.99. The third-order valence-corrected chi connectivity index (χ3v) is 7.67. The van der Waals surface area contributed by atoms with Crippen LogP contribution < -0.4 is 9.47 Å². The predicted molar refractivity (Wildman–Crippen MR) is 157 cm³/mol. The number of benzene rings is 2. The zero-order valence-corrected chi connectivity index (χ0v) is 24.3. The molecule has 0 unspecified atom stereocenters. The third kappa shape index (κ3) is 10.5. The second kappa shape index (κ2) is 17.6. The summed E-state index contributed by atoms with van der Waals surface area (Å²) in [5.41, 5.74) is 2.53. The van der Waals surface area contributed by atoms with Gasteiger partial charge in [-0.25, -0.2) is 9.18 Å². The SMILES string of the molecule is CCCCCCCCOc1ccc(-c2ccc(OCC3CCC(OC(=O)[C@H](F)CCCC)CC3)cc2)cc1C#N. The molecule has 2 aromatic carbocycles. The fourth-order valence-electron chi connectivity index (χ4n) is 5.10. The van der Waals surface area contributed by atoms with E-state index < -0.39 is 12.1 Å². The summed E-state index contributed by atoms with van der Waals surface area (Å²) in [4.78, 5) is 11.9. The molecule has 0 saturated heterocycles. The Balaban J connectivity index is 1.41. The van der Waals surface area contributed by atoms with Gasteiger partial charge in [0.2, 0.25) is 0 Å². The molecule has 1 fully saturated rings. The second-order valence-corrected chi connectivity index (χ2v) is 11.0. The van der Waals surface area contributed by atoms with Gasteiger partial charge in [0.05, 0.1) is 18.8 Å². The lowest BCUT2D eigenvalue weighted by Crippen LogP contribution is -2.30. The van der Waals surface area contributed by atoms with Gasteiger partial charge in [0, 0.05) is 0 Å². The number of hydrogen-bond donors (Lipinski definition) is 0. The molecule has 0 N–H and O–H groups in total. The van der Waals surface area contributed by atoms with Gasteiger partial charge in [0.25, 0.3) is 0 Å². The first kappa shape index (κ1) is 31.5. The number of carbonyl (C=O) groups excluding carboxylic acids is 1. The van der Waals surface area contributed by atoms with E-state index in [1.807, 2.05) is 49.4 Å². The Kier molecular flexibility index (Phi) is 13.8. The summed E-state index contributed by atoms with van der Waals surface area (Å²) in [6.45, 7) is 5.44. The number of rotatable bonds is 17. The van der Waals surface area contributed by atoms with Crippen LogP contribution in [-0.4, -0.2) is 31.5 Å². The molecule has 40 heavy (non-hydrogen) atoms. The van der Waals surface area contributed by atoms with Crippen LogP contribution in [0.1, 0.15) is 103 Å². The minimum Gasteiger partial charge on any atom is -0.493 e. The molecule has 0 aromatic heterocycles. The Hall–Kier alpha value is -3.07. The minimum absolute atomic E-state index is 0.187. The molecule has 1 aliphatic carbocycles. The van der Waals surface area contributed by atoms with Gasteiger partial charge in [-0.05, 0) is 79.8 Å². The molecule has 1 saturated carbocycles. The first-order valence-electron chi connectivity index (χ1n) is 15.3. The first-order chi connectivity index (χ1) is 19.5. The number of nitrogens with zero attached hydrogens (tertiary/aromatic N) is 1. The molecule has 0 heterocycles. The van der Waals surface area contributed by atoms with Gasteiger partial charge < -0.3 is 14.2 Å². The smallest absolute Gasteiger partial charge is 0.340 e. The van der Waals surface area contributed by atoms with E-state index >= 15 is 0 Å². The quantitative estimate of drug-likeness (QED) is 0.145. The minimum atomic E-state index is -1.50. The lowest BCUT2D eigenvalue weighted by molar-refractivity contribution is -0.157. The van der Waals surface area contributed by atoms with Crippen LogP contribution in [0.15, 0.2) is 42.5 Å². The summed E-state index contributed by atoms with van der Waals surface area (Å²) in [6, 6.07) is 16.0. The number of alkyl halides is 1. The van der Waals surface area contributed by atoms with Crippen LogP contribution in [-0.2, 0) is 9.53 Å². The van der Waals surface area contributed by atoms with E-state index in [2.05, 4.69) is 13.0 Å². The number of ether oxygens (including phenoxy) is 3. The van der Waals surface area contributed by atoms with Crippen LogP contribution in [0.3, 0.4) is 0 Å². The maximum atomic E-state index is 13.9. The molecule has 6 heteroatoms. The van der Waals surface area contributed by atoms with Crippen LogP contribution in [0, 0.1) is 17.2 Å². The number of hydrogen-bond acceptors (Lipinski definition) is 5. The van der Waals surface area contributed by atoms with Crippen LogP contribution in [0.4, 0.5) is 4.39 Å². The third-order valence-electron chi connectivity index (χ3n) is 7.67. The molecule has 1 aliphatic rings. The van der Waals surface area contributed by atoms with Gasteiger partial charge in [0.1, 0.15) is 23.7 Å². The Morgan fingerprint density at radius 2 is 1.57 bits per heavy atom. The van der Waals surface area contributed by atoms with Crippen LogP contribution in [0.5, 0.6) is 11.5 Å². The number of unbranched alkanes of at least 4 members (excludes halogenated alkanes) is 6. The van der Waals surface area contributed by atoms with Crippen LogP contribution >= 0.6 is 0 Å². The highest BCUT2D eigenvalue weighted by molar-refractivity contribution is 5.74. The molecule has 5 nitrogen and oxygen atoms in total. The van der Waals surface area contributed by atoms with Crippen molar-refractivity contribution in [2.75, 3.05) is 13.2 Å². The molecule has 1 atom stereocenters. The summed E-state index contributed by atoms with van der Waals surface area (Å²) in [7, 11) is 0. The average molecular weight is 552 g/mol. The highest BCUT2D eigenvalue weighted by Gasteiger charge is 2.27. The number of halogens is 1. The topological polar surface area (TPSA) is 68.6 Å². The highest BCUT2D eigenvalue weighted by atomic mass is 19.1. The molecule has 0 bridgehead atoms. The van der Waals surface area contributed by atoms with Crippen LogP contribution in [0.2, 0.25) is 0 Å². The lowest BCUT2D eigenvalue weighted by atomic mass is 9.88. The summed E-state index contributed by atoms with van der Waals surface area (Å²) in [6.07, 6.45) is 10.6. The van der Waals surface area contributed by atoms with Gasteiger partial charge >= 0.3 is 5.97 Å². The second-order valence-electron chi connectivity index (χ2n) is 11.0. The van der Waals surface area contributed by atoms with E-state index in [4.69, 9.17) is 14.2 Å². The van der Waals surface area contributed by atoms with E-state index in [1.54, 1.807) is 0 Å². The van der Waals surface area contributed by atoms with E-state index in [0.29, 0.717) is 36.9 Å². The van der Waals surface area contributed by atoms with E-state index in [-0.39, 0.29) is 12.5 Å². The van der Waals surface area contributed by atoms with E-state index in [0.717, 1.165) is 61.8 Å². The maximum Gasteiger partial charge on any atom is 0.340 e. The van der Waals surface area contributed by atoms with Crippen molar-refractivity contribution in [1.82, 2.24) is 0 Å². The van der Waals surface area contributed by atoms with Gasteiger partial charge in [-0.3, -0.25) is 0 Å². The molecule has 0 radical (unpaired) electrons. The molecular formula is C34H46FNO4.